The van der Waals surface area contributed by atoms with E-state index in [1.165, 1.54) is 23.5 Å². The first kappa shape index (κ1) is 17.0. The number of unbranched alkanes of at least 4 members (excludes halogenated alkanes) is 1. The largest absolute Gasteiger partial charge is 0.396 e. The molecule has 0 aliphatic heterocycles. The van der Waals surface area contributed by atoms with Gasteiger partial charge in [-0.05, 0) is 12.8 Å². The summed E-state index contributed by atoms with van der Waals surface area (Å²) >= 11 is 2.53. The van der Waals surface area contributed by atoms with Crippen LogP contribution in [0.3, 0.4) is 0 Å². The monoisotopic (exact) mass is 278 g/mol. The molecule has 0 saturated carbocycles. The molecule has 0 atom stereocenters. The second-order valence-electron chi connectivity index (χ2n) is 4.74. The van der Waals surface area contributed by atoms with Crippen LogP contribution >= 0.6 is 23.5 Å². The summed E-state index contributed by atoms with van der Waals surface area (Å²) in [5, 5.41) is 8.86. The first-order chi connectivity index (χ1) is 7.85. The Morgan fingerprint density at radius 1 is 1.06 bits per heavy atom. The lowest BCUT2D eigenvalue weighted by Gasteiger charge is -2.15. The van der Waals surface area contributed by atoms with Crippen LogP contribution < -0.4 is 0 Å². The lowest BCUT2D eigenvalue weighted by molar-refractivity contribution is -0.112. The summed E-state index contributed by atoms with van der Waals surface area (Å²) in [6.45, 7) is 6.09. The maximum Gasteiger partial charge on any atom is 0.189 e. The van der Waals surface area contributed by atoms with Crippen LogP contribution in [0.2, 0.25) is 0 Å². The van der Waals surface area contributed by atoms with E-state index in [4.69, 9.17) is 5.11 Å². The van der Waals surface area contributed by atoms with Crippen LogP contribution in [0.25, 0.3) is 0 Å². The molecule has 17 heavy (non-hydrogen) atoms. The predicted octanol–water partition coefficient (Wildman–Crippen LogP) is 2.86. The number of hydrogen-bond acceptors (Lipinski definition) is 5. The highest BCUT2D eigenvalue weighted by Gasteiger charge is 2.16. The number of aliphatic hydroxyl groups is 1. The Morgan fingerprint density at radius 3 is 2.06 bits per heavy atom. The summed E-state index contributed by atoms with van der Waals surface area (Å²) < 4.78 is -0.0239. The van der Waals surface area contributed by atoms with Crippen molar-refractivity contribution in [2.24, 2.45) is 0 Å². The van der Waals surface area contributed by atoms with Gasteiger partial charge in [0, 0.05) is 23.3 Å². The lowest BCUT2D eigenvalue weighted by atomic mass is 10.2. The number of rotatable bonds is 7. The van der Waals surface area contributed by atoms with E-state index >= 15 is 0 Å². The van der Waals surface area contributed by atoms with Crippen LogP contribution in [-0.2, 0) is 9.59 Å². The molecule has 0 aromatic rings. The maximum atomic E-state index is 11.5. The van der Waals surface area contributed by atoms with Gasteiger partial charge in [-0.2, -0.15) is 0 Å². The standard InChI is InChI=1S/C12H22O3S2/c1-12(2,3)17-11(15)7-5-4-6-10(14)16-9-8-13/h13H,4-9H2,1-3H3. The van der Waals surface area contributed by atoms with Crippen LogP contribution in [0.5, 0.6) is 0 Å². The molecule has 0 fully saturated rings. The average Bonchev–Trinajstić information content (AvgIpc) is 2.19. The second-order valence-corrected chi connectivity index (χ2v) is 7.77. The minimum absolute atomic E-state index is 0.0239. The number of aliphatic hydroxyl groups excluding tert-OH is 1. The highest BCUT2D eigenvalue weighted by atomic mass is 32.2. The van der Waals surface area contributed by atoms with Crippen LogP contribution in [-0.4, -0.2) is 32.4 Å². The van der Waals surface area contributed by atoms with Gasteiger partial charge in [-0.15, -0.1) is 0 Å². The maximum absolute atomic E-state index is 11.5. The molecule has 0 amide bonds. The molecule has 0 spiro atoms. The quantitative estimate of drug-likeness (QED) is 0.726. The Balaban J connectivity index is 3.51. The van der Waals surface area contributed by atoms with Gasteiger partial charge in [0.1, 0.15) is 0 Å². The van der Waals surface area contributed by atoms with Crippen molar-refractivity contribution in [3.8, 4) is 0 Å². The van der Waals surface area contributed by atoms with Crippen molar-refractivity contribution in [2.45, 2.75) is 51.2 Å². The summed E-state index contributed by atoms with van der Waals surface area (Å²) in [7, 11) is 0. The van der Waals surface area contributed by atoms with E-state index in [0.717, 1.165) is 12.8 Å². The zero-order valence-electron chi connectivity index (χ0n) is 10.8. The molecule has 0 radical (unpaired) electrons. The van der Waals surface area contributed by atoms with E-state index in [2.05, 4.69) is 0 Å². The molecule has 5 heteroatoms. The zero-order chi connectivity index (χ0) is 13.3. The number of hydrogen-bond donors (Lipinski definition) is 1. The molecular formula is C12H22O3S2. The SMILES string of the molecule is CC(C)(C)SC(=O)CCCCC(=O)SCCO. The first-order valence-electron chi connectivity index (χ1n) is 5.83. The minimum atomic E-state index is -0.0239. The Morgan fingerprint density at radius 2 is 1.59 bits per heavy atom. The van der Waals surface area contributed by atoms with E-state index < -0.39 is 0 Å². The number of carbonyl (C=O) groups excluding carboxylic acids is 2. The van der Waals surface area contributed by atoms with Gasteiger partial charge < -0.3 is 5.11 Å². The Hall–Kier alpha value is -0.0000000000000000763. The molecule has 0 aliphatic carbocycles. The van der Waals surface area contributed by atoms with Gasteiger partial charge in [-0.3, -0.25) is 9.59 Å². The summed E-state index contributed by atoms with van der Waals surface area (Å²) in [5.41, 5.74) is 0. The third-order valence-corrected chi connectivity index (χ3v) is 3.74. The summed E-state index contributed by atoms with van der Waals surface area (Å²) in [4.78, 5) is 22.8. The van der Waals surface area contributed by atoms with Crippen molar-refractivity contribution in [3.63, 3.8) is 0 Å². The van der Waals surface area contributed by atoms with Crippen molar-refractivity contribution in [3.05, 3.63) is 0 Å². The fourth-order valence-corrected chi connectivity index (χ4v) is 2.70. The third-order valence-electron chi connectivity index (χ3n) is 1.79. The molecule has 0 heterocycles. The molecule has 3 nitrogen and oxygen atoms in total. The molecule has 100 valence electrons. The van der Waals surface area contributed by atoms with Gasteiger partial charge in [-0.25, -0.2) is 0 Å². The lowest BCUT2D eigenvalue weighted by Crippen LogP contribution is -2.11. The van der Waals surface area contributed by atoms with Gasteiger partial charge in [0.25, 0.3) is 0 Å². The normalized spacial score (nSPS) is 11.5. The van der Waals surface area contributed by atoms with Gasteiger partial charge >= 0.3 is 0 Å². The van der Waals surface area contributed by atoms with E-state index in [0.29, 0.717) is 18.6 Å². The van der Waals surface area contributed by atoms with Crippen LogP contribution in [0.15, 0.2) is 0 Å². The third kappa shape index (κ3) is 12.2. The molecule has 0 bridgehead atoms. The summed E-state index contributed by atoms with van der Waals surface area (Å²) in [6, 6.07) is 0. The number of thioether (sulfide) groups is 2. The topological polar surface area (TPSA) is 54.4 Å². The van der Waals surface area contributed by atoms with Gasteiger partial charge in [0.15, 0.2) is 10.2 Å². The minimum Gasteiger partial charge on any atom is -0.396 e. The molecule has 0 aromatic carbocycles. The molecule has 1 N–H and O–H groups in total. The Kier molecular flexibility index (Phi) is 9.00. The van der Waals surface area contributed by atoms with Crippen molar-refractivity contribution >= 4 is 33.8 Å². The molecule has 0 saturated heterocycles. The van der Waals surface area contributed by atoms with E-state index in [-0.39, 0.29) is 21.6 Å². The molecule has 0 unspecified atom stereocenters. The molecule has 0 rings (SSSR count). The van der Waals surface area contributed by atoms with Crippen LogP contribution in [0.4, 0.5) is 0 Å². The molecule has 0 aliphatic rings. The van der Waals surface area contributed by atoms with Gasteiger partial charge in [0.05, 0.1) is 6.61 Å². The van der Waals surface area contributed by atoms with Crippen LogP contribution in [0, 0.1) is 0 Å². The van der Waals surface area contributed by atoms with E-state index in [1.807, 2.05) is 20.8 Å². The van der Waals surface area contributed by atoms with Crippen molar-refractivity contribution in [2.75, 3.05) is 12.4 Å². The highest BCUT2D eigenvalue weighted by Crippen LogP contribution is 2.26. The summed E-state index contributed by atoms with van der Waals surface area (Å²) in [6.07, 6.45) is 2.57. The van der Waals surface area contributed by atoms with E-state index in [1.54, 1.807) is 0 Å². The molecule has 0 aromatic heterocycles. The predicted molar refractivity (Wildman–Crippen MR) is 75.4 cm³/mol. The van der Waals surface area contributed by atoms with Crippen molar-refractivity contribution in [1.82, 2.24) is 0 Å². The van der Waals surface area contributed by atoms with Crippen molar-refractivity contribution < 1.29 is 14.7 Å². The van der Waals surface area contributed by atoms with Crippen LogP contribution in [0.1, 0.15) is 46.5 Å². The first-order valence-corrected chi connectivity index (χ1v) is 7.63. The smallest absolute Gasteiger partial charge is 0.189 e. The summed E-state index contributed by atoms with van der Waals surface area (Å²) in [5.74, 6) is 0.470. The highest BCUT2D eigenvalue weighted by molar-refractivity contribution is 8.14. The fourth-order valence-electron chi connectivity index (χ4n) is 1.16. The van der Waals surface area contributed by atoms with Crippen molar-refractivity contribution in [1.29, 1.82) is 0 Å². The molecular weight excluding hydrogens is 256 g/mol. The number of carbonyl (C=O) groups is 2. The Bertz CT molecular complexity index is 247. The average molecular weight is 278 g/mol. The van der Waals surface area contributed by atoms with Gasteiger partial charge in [-0.1, -0.05) is 44.3 Å². The zero-order valence-corrected chi connectivity index (χ0v) is 12.5. The van der Waals surface area contributed by atoms with Gasteiger partial charge in [0.2, 0.25) is 0 Å². The Labute approximate surface area is 112 Å². The fraction of sp³-hybridized carbons (Fsp3) is 0.833. The second kappa shape index (κ2) is 9.00. The van der Waals surface area contributed by atoms with E-state index in [9.17, 15) is 9.59 Å².